The Morgan fingerprint density at radius 3 is 2.65 bits per heavy atom. The van der Waals surface area contributed by atoms with Crippen molar-refractivity contribution in [3.05, 3.63) is 28.8 Å². The highest BCUT2D eigenvalue weighted by atomic mass is 35.5. The molecule has 0 aliphatic heterocycles. The van der Waals surface area contributed by atoms with E-state index in [1.807, 2.05) is 13.0 Å². The summed E-state index contributed by atoms with van der Waals surface area (Å²) in [6.45, 7) is 1.92. The van der Waals surface area contributed by atoms with Crippen molar-refractivity contribution in [2.75, 3.05) is 11.9 Å². The van der Waals surface area contributed by atoms with Crippen LogP contribution >= 0.6 is 11.6 Å². The number of hydrogen-bond donors (Lipinski definition) is 3. The number of nitrogens with one attached hydrogen (secondary N) is 2. The second-order valence-corrected chi connectivity index (χ2v) is 6.51. The molecule has 2 unspecified atom stereocenters. The summed E-state index contributed by atoms with van der Waals surface area (Å²) in [6, 6.07) is 5.05. The first kappa shape index (κ1) is 17.8. The number of rotatable bonds is 3. The van der Waals surface area contributed by atoms with E-state index in [1.165, 1.54) is 0 Å². The van der Waals surface area contributed by atoms with Gasteiger partial charge in [0.2, 0.25) is 0 Å². The first-order chi connectivity index (χ1) is 11.0. The van der Waals surface area contributed by atoms with E-state index in [9.17, 15) is 14.7 Å². The highest BCUT2D eigenvalue weighted by molar-refractivity contribution is 6.41. The van der Waals surface area contributed by atoms with Gasteiger partial charge in [0.25, 0.3) is 0 Å². The third kappa shape index (κ3) is 4.94. The molecule has 3 N–H and O–H groups in total. The summed E-state index contributed by atoms with van der Waals surface area (Å²) in [7, 11) is 0. The fourth-order valence-electron chi connectivity index (χ4n) is 2.93. The number of anilines is 1. The number of hydrogen-bond acceptors (Lipinski definition) is 3. The van der Waals surface area contributed by atoms with Crippen LogP contribution in [0.4, 0.5) is 5.69 Å². The zero-order valence-corrected chi connectivity index (χ0v) is 14.0. The van der Waals surface area contributed by atoms with Gasteiger partial charge in [-0.05, 0) is 37.5 Å². The molecule has 0 bridgehead atoms. The molecule has 23 heavy (non-hydrogen) atoms. The van der Waals surface area contributed by atoms with E-state index in [2.05, 4.69) is 10.6 Å². The van der Waals surface area contributed by atoms with Crippen molar-refractivity contribution < 1.29 is 14.7 Å². The lowest BCUT2D eigenvalue weighted by Crippen LogP contribution is -2.45. The molecular weight excluding hydrogens is 316 g/mol. The monoisotopic (exact) mass is 338 g/mol. The predicted octanol–water partition coefficient (Wildman–Crippen LogP) is 2.64. The molecule has 0 spiro atoms. The van der Waals surface area contributed by atoms with Crippen molar-refractivity contribution in [1.29, 1.82) is 0 Å². The Bertz CT molecular complexity index is 577. The summed E-state index contributed by atoms with van der Waals surface area (Å²) < 4.78 is 0. The first-order valence-corrected chi connectivity index (χ1v) is 8.38. The Morgan fingerprint density at radius 1 is 1.22 bits per heavy atom. The Kier molecular flexibility index (Phi) is 6.42. The summed E-state index contributed by atoms with van der Waals surface area (Å²) in [4.78, 5) is 24.2. The van der Waals surface area contributed by atoms with Crippen LogP contribution in [0.2, 0.25) is 5.02 Å². The van der Waals surface area contributed by atoms with Crippen LogP contribution in [0.5, 0.6) is 0 Å². The molecule has 0 heterocycles. The average molecular weight is 339 g/mol. The minimum absolute atomic E-state index is 0.0113. The quantitative estimate of drug-likeness (QED) is 0.585. The Hall–Kier alpha value is -1.59. The molecule has 5 nitrogen and oxygen atoms in total. The van der Waals surface area contributed by atoms with Crippen LogP contribution in [0.1, 0.15) is 37.7 Å². The Labute approximate surface area is 141 Å². The smallest absolute Gasteiger partial charge is 0.313 e. The third-order valence-electron chi connectivity index (χ3n) is 4.29. The Morgan fingerprint density at radius 2 is 1.96 bits per heavy atom. The highest BCUT2D eigenvalue weighted by Gasteiger charge is 2.27. The van der Waals surface area contributed by atoms with Gasteiger partial charge in [0.1, 0.15) is 0 Å². The van der Waals surface area contributed by atoms with Crippen LogP contribution in [0.3, 0.4) is 0 Å². The van der Waals surface area contributed by atoms with E-state index in [-0.39, 0.29) is 18.6 Å². The van der Waals surface area contributed by atoms with Gasteiger partial charge in [-0.15, -0.1) is 0 Å². The summed E-state index contributed by atoms with van der Waals surface area (Å²) in [5.74, 6) is -1.42. The lowest BCUT2D eigenvalue weighted by molar-refractivity contribution is -0.137. The van der Waals surface area contributed by atoms with Gasteiger partial charge >= 0.3 is 11.8 Å². The fraction of sp³-hybridized carbons (Fsp3) is 0.529. The van der Waals surface area contributed by atoms with Crippen molar-refractivity contribution >= 4 is 29.1 Å². The first-order valence-electron chi connectivity index (χ1n) is 8.00. The largest absolute Gasteiger partial charge is 0.396 e. The fourth-order valence-corrected chi connectivity index (χ4v) is 3.21. The van der Waals surface area contributed by atoms with Gasteiger partial charge in [-0.25, -0.2) is 0 Å². The number of amides is 2. The van der Waals surface area contributed by atoms with Gasteiger partial charge in [0.15, 0.2) is 0 Å². The number of aliphatic hydroxyl groups excluding tert-OH is 1. The number of benzene rings is 1. The standard InChI is InChI=1S/C17H23ClN2O3/c1-11-7-8-15(13(18)9-11)20-17(23)16(22)19-14-6-4-2-3-5-12(14)10-21/h7-9,12,14,21H,2-6,10H2,1H3,(H,19,22)(H,20,23). The van der Waals surface area contributed by atoms with Gasteiger partial charge in [0.05, 0.1) is 10.7 Å². The van der Waals surface area contributed by atoms with E-state index >= 15 is 0 Å². The summed E-state index contributed by atoms with van der Waals surface area (Å²) >= 11 is 6.06. The minimum Gasteiger partial charge on any atom is -0.396 e. The van der Waals surface area contributed by atoms with Crippen molar-refractivity contribution in [3.8, 4) is 0 Å². The molecule has 2 rings (SSSR count). The number of carbonyl (C=O) groups excluding carboxylic acids is 2. The normalized spacial score (nSPS) is 21.3. The van der Waals surface area contributed by atoms with Crippen molar-refractivity contribution in [1.82, 2.24) is 5.32 Å². The number of aliphatic hydroxyl groups is 1. The molecule has 1 fully saturated rings. The van der Waals surface area contributed by atoms with E-state index in [4.69, 9.17) is 11.6 Å². The van der Waals surface area contributed by atoms with Gasteiger partial charge < -0.3 is 15.7 Å². The topological polar surface area (TPSA) is 78.4 Å². The van der Waals surface area contributed by atoms with Gasteiger partial charge in [-0.2, -0.15) is 0 Å². The van der Waals surface area contributed by atoms with Crippen LogP contribution in [-0.4, -0.2) is 29.6 Å². The van der Waals surface area contributed by atoms with E-state index in [0.29, 0.717) is 10.7 Å². The van der Waals surface area contributed by atoms with Gasteiger partial charge in [0, 0.05) is 18.6 Å². The van der Waals surface area contributed by atoms with Crippen molar-refractivity contribution in [2.45, 2.75) is 45.1 Å². The second kappa shape index (κ2) is 8.31. The molecule has 1 aromatic rings. The van der Waals surface area contributed by atoms with E-state index in [0.717, 1.165) is 37.7 Å². The number of aryl methyl sites for hydroxylation is 1. The predicted molar refractivity (Wildman–Crippen MR) is 90.4 cm³/mol. The second-order valence-electron chi connectivity index (χ2n) is 6.10. The summed E-state index contributed by atoms with van der Waals surface area (Å²) in [5.41, 5.74) is 1.39. The minimum atomic E-state index is -0.739. The highest BCUT2D eigenvalue weighted by Crippen LogP contribution is 2.24. The molecule has 0 aromatic heterocycles. The number of carbonyl (C=O) groups is 2. The van der Waals surface area contributed by atoms with Gasteiger partial charge in [-0.1, -0.05) is 36.9 Å². The maximum atomic E-state index is 12.1. The lowest BCUT2D eigenvalue weighted by atomic mass is 9.95. The maximum Gasteiger partial charge on any atom is 0.313 e. The zero-order chi connectivity index (χ0) is 16.8. The summed E-state index contributed by atoms with van der Waals surface area (Å²) in [5, 5.41) is 15.1. The Balaban J connectivity index is 1.97. The lowest BCUT2D eigenvalue weighted by Gasteiger charge is -2.24. The molecule has 126 valence electrons. The van der Waals surface area contributed by atoms with Crippen LogP contribution < -0.4 is 10.6 Å². The van der Waals surface area contributed by atoms with Crippen LogP contribution in [0, 0.1) is 12.8 Å². The molecular formula is C17H23ClN2O3. The van der Waals surface area contributed by atoms with Crippen LogP contribution in [-0.2, 0) is 9.59 Å². The SMILES string of the molecule is Cc1ccc(NC(=O)C(=O)NC2CCCCCC2CO)c(Cl)c1. The molecule has 1 saturated carbocycles. The maximum absolute atomic E-state index is 12.1. The van der Waals surface area contributed by atoms with Crippen molar-refractivity contribution in [2.24, 2.45) is 5.92 Å². The summed E-state index contributed by atoms with van der Waals surface area (Å²) in [6.07, 6.45) is 4.78. The van der Waals surface area contributed by atoms with E-state index < -0.39 is 11.8 Å². The van der Waals surface area contributed by atoms with Crippen LogP contribution in [0.15, 0.2) is 18.2 Å². The molecule has 1 aromatic carbocycles. The molecule has 1 aliphatic carbocycles. The van der Waals surface area contributed by atoms with Crippen molar-refractivity contribution in [3.63, 3.8) is 0 Å². The average Bonchev–Trinajstić information content (AvgIpc) is 2.74. The van der Waals surface area contributed by atoms with E-state index in [1.54, 1.807) is 12.1 Å². The van der Waals surface area contributed by atoms with Gasteiger partial charge in [-0.3, -0.25) is 9.59 Å². The number of halogens is 1. The molecule has 2 atom stereocenters. The molecule has 0 saturated heterocycles. The van der Waals surface area contributed by atoms with Crippen LogP contribution in [0.25, 0.3) is 0 Å². The molecule has 0 radical (unpaired) electrons. The molecule has 1 aliphatic rings. The third-order valence-corrected chi connectivity index (χ3v) is 4.60. The molecule has 6 heteroatoms. The zero-order valence-electron chi connectivity index (χ0n) is 13.3. The molecule has 2 amide bonds.